The second kappa shape index (κ2) is 10.2. The standard InChI is InChI=1S/C32H21ClO6/c1-2-36-21-13-15-26-24(17-21)29(31(39-26)19-8-4-3-5-9-19)32(35)37-22-12-14-23-27(18-22)38-28(30(23)34)16-20-10-6-7-11-25(20)33/h3-18H,2H2,1H3/b28-16-. The lowest BCUT2D eigenvalue weighted by Crippen LogP contribution is -2.09. The number of furan rings is 1. The number of Topliss-reactive ketones (excluding diaryl/α,β-unsaturated/α-hetero) is 1. The van der Waals surface area contributed by atoms with Gasteiger partial charge in [0, 0.05) is 22.0 Å². The maximum atomic E-state index is 13.6. The summed E-state index contributed by atoms with van der Waals surface area (Å²) in [4.78, 5) is 26.5. The van der Waals surface area contributed by atoms with Crippen LogP contribution in [0.5, 0.6) is 17.2 Å². The highest BCUT2D eigenvalue weighted by atomic mass is 35.5. The lowest BCUT2D eigenvalue weighted by Gasteiger charge is -2.07. The number of hydrogen-bond acceptors (Lipinski definition) is 6. The number of carbonyl (C=O) groups excluding carboxylic acids is 2. The molecular formula is C32H21ClO6. The first kappa shape index (κ1) is 24.5. The fourth-order valence-corrected chi connectivity index (χ4v) is 4.64. The molecule has 1 aliphatic rings. The molecule has 5 aromatic rings. The van der Waals surface area contributed by atoms with Gasteiger partial charge in [0.2, 0.25) is 5.78 Å². The highest BCUT2D eigenvalue weighted by Crippen LogP contribution is 2.38. The van der Waals surface area contributed by atoms with E-state index in [9.17, 15) is 9.59 Å². The normalized spacial score (nSPS) is 13.4. The number of benzene rings is 4. The topological polar surface area (TPSA) is 75.0 Å². The lowest BCUT2D eigenvalue weighted by molar-refractivity contribution is 0.0736. The molecule has 0 N–H and O–H groups in total. The number of halogens is 1. The molecule has 0 amide bonds. The Morgan fingerprint density at radius 1 is 0.923 bits per heavy atom. The first-order chi connectivity index (χ1) is 19.0. The lowest BCUT2D eigenvalue weighted by atomic mass is 10.1. The fraction of sp³-hybridized carbons (Fsp3) is 0.0625. The van der Waals surface area contributed by atoms with Crippen molar-refractivity contribution in [3.8, 4) is 28.6 Å². The Morgan fingerprint density at radius 3 is 2.49 bits per heavy atom. The number of rotatable bonds is 6. The summed E-state index contributed by atoms with van der Waals surface area (Å²) in [6.45, 7) is 2.37. The molecule has 0 saturated carbocycles. The average Bonchev–Trinajstić information content (AvgIpc) is 3.47. The van der Waals surface area contributed by atoms with E-state index in [0.29, 0.717) is 51.0 Å². The SMILES string of the molecule is CCOc1ccc2oc(-c3ccccc3)c(C(=O)Oc3ccc4c(c3)O/C(=C\c3ccccc3Cl)C4=O)c2c1. The quantitative estimate of drug-likeness (QED) is 0.124. The third-order valence-electron chi connectivity index (χ3n) is 6.25. The van der Waals surface area contributed by atoms with E-state index in [1.54, 1.807) is 54.6 Å². The van der Waals surface area contributed by atoms with Crippen LogP contribution < -0.4 is 14.2 Å². The predicted molar refractivity (Wildman–Crippen MR) is 149 cm³/mol. The molecule has 0 spiro atoms. The van der Waals surface area contributed by atoms with Gasteiger partial charge in [0.15, 0.2) is 5.76 Å². The molecule has 39 heavy (non-hydrogen) atoms. The molecule has 6 rings (SSSR count). The second-order valence-corrected chi connectivity index (χ2v) is 9.18. The van der Waals surface area contributed by atoms with Crippen molar-refractivity contribution >= 4 is 40.4 Å². The van der Waals surface area contributed by atoms with Crippen molar-refractivity contribution in [2.24, 2.45) is 0 Å². The van der Waals surface area contributed by atoms with Crippen molar-refractivity contribution in [3.63, 3.8) is 0 Å². The van der Waals surface area contributed by atoms with Crippen LogP contribution >= 0.6 is 11.6 Å². The number of fused-ring (bicyclic) bond motifs is 2. The minimum atomic E-state index is -0.614. The van der Waals surface area contributed by atoms with Crippen molar-refractivity contribution in [2.75, 3.05) is 6.61 Å². The Hall–Kier alpha value is -4.81. The third-order valence-corrected chi connectivity index (χ3v) is 6.60. The molecule has 6 nitrogen and oxygen atoms in total. The molecule has 0 unspecified atom stereocenters. The van der Waals surface area contributed by atoms with Crippen molar-refractivity contribution in [1.82, 2.24) is 0 Å². The minimum Gasteiger partial charge on any atom is -0.494 e. The van der Waals surface area contributed by atoms with E-state index < -0.39 is 5.97 Å². The molecule has 1 aliphatic heterocycles. The molecule has 192 valence electrons. The van der Waals surface area contributed by atoms with E-state index in [2.05, 4.69) is 0 Å². The van der Waals surface area contributed by atoms with Gasteiger partial charge in [0.1, 0.15) is 34.2 Å². The smallest absolute Gasteiger partial charge is 0.348 e. The highest BCUT2D eigenvalue weighted by Gasteiger charge is 2.29. The van der Waals surface area contributed by atoms with Crippen LogP contribution in [0.3, 0.4) is 0 Å². The van der Waals surface area contributed by atoms with Crippen LogP contribution in [0.4, 0.5) is 0 Å². The van der Waals surface area contributed by atoms with Crippen LogP contribution in [-0.4, -0.2) is 18.4 Å². The van der Waals surface area contributed by atoms with Gasteiger partial charge >= 0.3 is 5.97 Å². The molecular weight excluding hydrogens is 516 g/mol. The van der Waals surface area contributed by atoms with E-state index >= 15 is 0 Å². The molecule has 1 aromatic heterocycles. The van der Waals surface area contributed by atoms with E-state index in [1.807, 2.05) is 43.3 Å². The second-order valence-electron chi connectivity index (χ2n) is 8.77. The van der Waals surface area contributed by atoms with Gasteiger partial charge in [-0.05, 0) is 55.0 Å². The van der Waals surface area contributed by atoms with E-state index in [4.69, 9.17) is 30.2 Å². The van der Waals surface area contributed by atoms with Crippen molar-refractivity contribution in [2.45, 2.75) is 6.92 Å². The van der Waals surface area contributed by atoms with Crippen molar-refractivity contribution in [3.05, 3.63) is 118 Å². The molecule has 0 aliphatic carbocycles. The van der Waals surface area contributed by atoms with Crippen LogP contribution in [0.25, 0.3) is 28.4 Å². The Morgan fingerprint density at radius 2 is 1.69 bits per heavy atom. The first-order valence-electron chi connectivity index (χ1n) is 12.3. The van der Waals surface area contributed by atoms with Crippen LogP contribution in [0.15, 0.2) is 101 Å². The molecule has 0 bridgehead atoms. The number of carbonyl (C=O) groups is 2. The zero-order chi connectivity index (χ0) is 26.9. The molecule has 7 heteroatoms. The summed E-state index contributed by atoms with van der Waals surface area (Å²) in [5.74, 6) is 0.763. The van der Waals surface area contributed by atoms with E-state index in [-0.39, 0.29) is 22.9 Å². The van der Waals surface area contributed by atoms with Crippen LogP contribution in [-0.2, 0) is 0 Å². The number of allylic oxidation sites excluding steroid dienone is 1. The van der Waals surface area contributed by atoms with Gasteiger partial charge in [0.25, 0.3) is 0 Å². The number of hydrogen-bond donors (Lipinski definition) is 0. The van der Waals surface area contributed by atoms with Crippen LogP contribution in [0.1, 0.15) is 33.2 Å². The summed E-state index contributed by atoms with van der Waals surface area (Å²) in [7, 11) is 0. The number of esters is 1. The summed E-state index contributed by atoms with van der Waals surface area (Å²) in [6, 6.07) is 26.5. The molecule has 0 atom stereocenters. The van der Waals surface area contributed by atoms with Gasteiger partial charge in [-0.1, -0.05) is 60.1 Å². The summed E-state index contributed by atoms with van der Waals surface area (Å²) < 4.78 is 23.4. The van der Waals surface area contributed by atoms with Gasteiger partial charge in [0.05, 0.1) is 12.2 Å². The zero-order valence-electron chi connectivity index (χ0n) is 20.8. The Bertz CT molecular complexity index is 1770. The van der Waals surface area contributed by atoms with E-state index in [1.165, 1.54) is 6.07 Å². The van der Waals surface area contributed by atoms with Gasteiger partial charge < -0.3 is 18.6 Å². The van der Waals surface area contributed by atoms with Gasteiger partial charge in [-0.25, -0.2) is 4.79 Å². The maximum Gasteiger partial charge on any atom is 0.348 e. The largest absolute Gasteiger partial charge is 0.494 e. The molecule has 0 radical (unpaired) electrons. The molecule has 2 heterocycles. The average molecular weight is 537 g/mol. The highest BCUT2D eigenvalue weighted by molar-refractivity contribution is 6.32. The summed E-state index contributed by atoms with van der Waals surface area (Å²) >= 11 is 6.23. The summed E-state index contributed by atoms with van der Waals surface area (Å²) in [5, 5.41) is 1.07. The summed E-state index contributed by atoms with van der Waals surface area (Å²) in [5.41, 5.74) is 2.56. The fourth-order valence-electron chi connectivity index (χ4n) is 4.45. The van der Waals surface area contributed by atoms with Gasteiger partial charge in [-0.15, -0.1) is 0 Å². The maximum absolute atomic E-state index is 13.6. The molecule has 0 saturated heterocycles. The first-order valence-corrected chi connectivity index (χ1v) is 12.7. The third kappa shape index (κ3) is 4.67. The van der Waals surface area contributed by atoms with Crippen LogP contribution in [0, 0.1) is 0 Å². The Kier molecular flexibility index (Phi) is 6.39. The Labute approximate surface area is 229 Å². The zero-order valence-corrected chi connectivity index (χ0v) is 21.5. The number of ether oxygens (including phenoxy) is 3. The predicted octanol–water partition coefficient (Wildman–Crippen LogP) is 7.99. The molecule has 4 aromatic carbocycles. The van der Waals surface area contributed by atoms with Crippen molar-refractivity contribution < 1.29 is 28.2 Å². The van der Waals surface area contributed by atoms with E-state index in [0.717, 1.165) is 5.56 Å². The number of ketones is 1. The monoisotopic (exact) mass is 536 g/mol. The molecule has 0 fully saturated rings. The van der Waals surface area contributed by atoms with Crippen LogP contribution in [0.2, 0.25) is 5.02 Å². The van der Waals surface area contributed by atoms with Crippen molar-refractivity contribution in [1.29, 1.82) is 0 Å². The Balaban J connectivity index is 1.34. The minimum absolute atomic E-state index is 0.136. The van der Waals surface area contributed by atoms with Gasteiger partial charge in [-0.2, -0.15) is 0 Å². The summed E-state index contributed by atoms with van der Waals surface area (Å²) in [6.07, 6.45) is 1.59. The van der Waals surface area contributed by atoms with Gasteiger partial charge in [-0.3, -0.25) is 4.79 Å².